The predicted octanol–water partition coefficient (Wildman–Crippen LogP) is 13.2. The number of unbranched alkanes of at least 4 members (excludes halogenated alkanes) is 22. The number of alkyl carbamates (subject to hydrolysis) is 2. The molecule has 0 radical (unpaired) electrons. The first-order chi connectivity index (χ1) is 30.4. The van der Waals surface area contributed by atoms with Crippen LogP contribution in [-0.4, -0.2) is 95.3 Å². The van der Waals surface area contributed by atoms with Gasteiger partial charge in [-0.1, -0.05) is 182 Å². The zero-order valence-electron chi connectivity index (χ0n) is 41.9. The third-order valence-corrected chi connectivity index (χ3v) is 11.7. The standard InChI is InChI=1S/C26H51BrNO7P.C23H45NO4/c1-6-7-8-9-10-11-12-13-14-15-16-17-18-19-24(29)23(28-25(30)35-26(2,3)4)22-34-36(31,32-5)33-21-20-27;1-5-6-7-8-9-10-11-12-13-14-15-16-17-18-21(26)20(19-25)24-22(27)28-23(2,3)4/h18-19,23-24,29H,6-17,20-22H2,1-5H3,(H,28,30);17-18,20-21,25-26H,5-16,19H2,1-4H3,(H,24,27)/b19-18+;18-17+/t23-,24+,36?;20-,21+/m00/s1. The molecule has 0 aromatic heterocycles. The summed E-state index contributed by atoms with van der Waals surface area (Å²) in [5.74, 6) is 0. The molecule has 13 nitrogen and oxygen atoms in total. The number of allylic oxidation sites excluding steroid dienone is 2. The molecule has 0 fully saturated rings. The third-order valence-electron chi connectivity index (χ3n) is 10.0. The van der Waals surface area contributed by atoms with Crippen molar-refractivity contribution in [2.24, 2.45) is 0 Å². The number of halogens is 1. The Kier molecular flexibility index (Phi) is 42.0. The normalized spacial score (nSPS) is 15.0. The first kappa shape index (κ1) is 64.6. The van der Waals surface area contributed by atoms with Crippen molar-refractivity contribution in [3.05, 3.63) is 24.3 Å². The molecule has 0 saturated heterocycles. The van der Waals surface area contributed by atoms with Crippen LogP contribution in [0.1, 0.15) is 209 Å². The summed E-state index contributed by atoms with van der Waals surface area (Å²) in [5, 5.41) is 35.7. The van der Waals surface area contributed by atoms with Gasteiger partial charge in [-0.2, -0.15) is 0 Å². The van der Waals surface area contributed by atoms with Gasteiger partial charge in [-0.25, -0.2) is 14.2 Å². The highest BCUT2D eigenvalue weighted by Gasteiger charge is 2.30. The maximum Gasteiger partial charge on any atom is 0.474 e. The maximum absolute atomic E-state index is 12.5. The largest absolute Gasteiger partial charge is 0.474 e. The third kappa shape index (κ3) is 43.1. The van der Waals surface area contributed by atoms with Gasteiger partial charge in [0.05, 0.1) is 44.1 Å². The molecule has 0 aromatic rings. The number of rotatable bonds is 38. The van der Waals surface area contributed by atoms with Crippen LogP contribution in [0.5, 0.6) is 0 Å². The van der Waals surface area contributed by atoms with Gasteiger partial charge in [0.25, 0.3) is 0 Å². The van der Waals surface area contributed by atoms with E-state index in [4.69, 9.17) is 23.0 Å². The van der Waals surface area contributed by atoms with Crippen LogP contribution in [0.3, 0.4) is 0 Å². The second-order valence-corrected chi connectivity index (χ2v) is 21.2. The van der Waals surface area contributed by atoms with Crippen molar-refractivity contribution in [2.75, 3.05) is 32.3 Å². The van der Waals surface area contributed by atoms with E-state index in [0.717, 1.165) is 32.1 Å². The van der Waals surface area contributed by atoms with Crippen LogP contribution >= 0.6 is 23.8 Å². The molecular weight excluding hydrogens is 903 g/mol. The minimum Gasteiger partial charge on any atom is -0.444 e. The van der Waals surface area contributed by atoms with Crippen LogP contribution in [0.2, 0.25) is 0 Å². The number of alkyl halides is 1. The van der Waals surface area contributed by atoms with Gasteiger partial charge in [0.15, 0.2) is 0 Å². The average Bonchev–Trinajstić information content (AvgIpc) is 3.22. The molecule has 0 aliphatic heterocycles. The fraction of sp³-hybridized carbons (Fsp3) is 0.878. The van der Waals surface area contributed by atoms with E-state index in [1.807, 2.05) is 12.2 Å². The second kappa shape index (κ2) is 41.7. The van der Waals surface area contributed by atoms with Crippen molar-refractivity contribution >= 4 is 35.9 Å². The molecule has 0 aliphatic rings. The Hall–Kier alpha value is -1.51. The molecule has 1 unspecified atom stereocenters. The summed E-state index contributed by atoms with van der Waals surface area (Å²) in [6, 6.07) is -1.66. The zero-order chi connectivity index (χ0) is 48.5. The Balaban J connectivity index is 0. The fourth-order valence-corrected chi connectivity index (χ4v) is 7.79. The van der Waals surface area contributed by atoms with E-state index in [0.29, 0.717) is 5.33 Å². The first-order valence-corrected chi connectivity index (χ1v) is 27.2. The first-order valence-electron chi connectivity index (χ1n) is 24.7. The number of phosphoric ester groups is 1. The number of hydrogen-bond acceptors (Lipinski definition) is 11. The van der Waals surface area contributed by atoms with Gasteiger partial charge in [0, 0.05) is 12.4 Å². The summed E-state index contributed by atoms with van der Waals surface area (Å²) in [6.45, 7) is 14.5. The molecule has 0 spiro atoms. The van der Waals surface area contributed by atoms with Gasteiger partial charge in [0.1, 0.15) is 11.2 Å². The number of aliphatic hydroxyl groups excluding tert-OH is 3. The molecule has 0 saturated carbocycles. The Morgan fingerprint density at radius 1 is 0.594 bits per heavy atom. The lowest BCUT2D eigenvalue weighted by Gasteiger charge is -2.26. The van der Waals surface area contributed by atoms with E-state index in [2.05, 4.69) is 40.4 Å². The smallest absolute Gasteiger partial charge is 0.444 e. The Morgan fingerprint density at radius 2 is 0.938 bits per heavy atom. The lowest BCUT2D eigenvalue weighted by atomic mass is 10.0. The fourth-order valence-electron chi connectivity index (χ4n) is 6.44. The number of amides is 2. The lowest BCUT2D eigenvalue weighted by molar-refractivity contribution is 0.0383. The summed E-state index contributed by atoms with van der Waals surface area (Å²) in [7, 11) is -2.59. The van der Waals surface area contributed by atoms with Gasteiger partial charge in [-0.15, -0.1) is 0 Å². The molecular formula is C49H96BrN2O11P. The van der Waals surface area contributed by atoms with Gasteiger partial charge >= 0.3 is 20.0 Å². The highest BCUT2D eigenvalue weighted by atomic mass is 79.9. The van der Waals surface area contributed by atoms with Crippen molar-refractivity contribution in [1.82, 2.24) is 10.6 Å². The minimum atomic E-state index is -3.81. The number of ether oxygens (including phenoxy) is 2. The number of hydrogen-bond donors (Lipinski definition) is 5. The molecule has 0 aliphatic carbocycles. The van der Waals surface area contributed by atoms with E-state index in [1.54, 1.807) is 53.7 Å². The van der Waals surface area contributed by atoms with Crippen molar-refractivity contribution in [3.8, 4) is 0 Å². The van der Waals surface area contributed by atoms with Gasteiger partial charge in [-0.05, 0) is 67.2 Å². The molecule has 64 heavy (non-hydrogen) atoms. The number of phosphoric acid groups is 1. The molecule has 2 amide bonds. The van der Waals surface area contributed by atoms with Crippen LogP contribution in [0, 0.1) is 0 Å². The van der Waals surface area contributed by atoms with E-state index >= 15 is 0 Å². The lowest BCUT2D eigenvalue weighted by Crippen LogP contribution is -2.47. The molecule has 5 atom stereocenters. The van der Waals surface area contributed by atoms with Crippen molar-refractivity contribution < 1.29 is 52.5 Å². The topological polar surface area (TPSA) is 182 Å². The Bertz CT molecular complexity index is 1210. The monoisotopic (exact) mass is 999 g/mol. The van der Waals surface area contributed by atoms with Crippen molar-refractivity contribution in [3.63, 3.8) is 0 Å². The molecule has 0 aromatic carbocycles. The van der Waals surface area contributed by atoms with E-state index < -0.39 is 55.5 Å². The van der Waals surface area contributed by atoms with E-state index in [9.17, 15) is 29.5 Å². The van der Waals surface area contributed by atoms with Crippen LogP contribution in [0.25, 0.3) is 0 Å². The summed E-state index contributed by atoms with van der Waals surface area (Å²) < 4.78 is 38.3. The van der Waals surface area contributed by atoms with Crippen molar-refractivity contribution in [2.45, 2.75) is 245 Å². The Labute approximate surface area is 399 Å². The van der Waals surface area contributed by atoms with Crippen LogP contribution in [-0.2, 0) is 27.6 Å². The SMILES string of the molecule is CCCCCCCCCCCCC/C=C/[C@@H](O)[C@H](CO)NC(=O)OC(C)(C)C.CCCCCCCCCCCCC/C=C/[C@@H](O)[C@H](COP(=O)(OC)OCCBr)NC(=O)OC(C)(C)C. The van der Waals surface area contributed by atoms with Gasteiger partial charge < -0.3 is 35.4 Å². The van der Waals surface area contributed by atoms with E-state index in [1.165, 1.54) is 129 Å². The summed E-state index contributed by atoms with van der Waals surface area (Å²) in [4.78, 5) is 24.0. The number of nitrogens with one attached hydrogen (secondary N) is 2. The molecule has 0 heterocycles. The predicted molar refractivity (Wildman–Crippen MR) is 266 cm³/mol. The Morgan fingerprint density at radius 3 is 1.27 bits per heavy atom. The van der Waals surface area contributed by atoms with Crippen LogP contribution < -0.4 is 10.6 Å². The average molecular weight is 1000 g/mol. The van der Waals surface area contributed by atoms with Gasteiger partial charge in [0.2, 0.25) is 0 Å². The molecule has 0 bridgehead atoms. The number of carbonyl (C=O) groups is 2. The highest BCUT2D eigenvalue weighted by molar-refractivity contribution is 9.09. The van der Waals surface area contributed by atoms with Crippen LogP contribution in [0.4, 0.5) is 9.59 Å². The summed E-state index contributed by atoms with van der Waals surface area (Å²) in [5.41, 5.74) is -1.31. The van der Waals surface area contributed by atoms with E-state index in [-0.39, 0.29) is 19.8 Å². The highest BCUT2D eigenvalue weighted by Crippen LogP contribution is 2.48. The quantitative estimate of drug-likeness (QED) is 0.0172. The molecule has 5 N–H and O–H groups in total. The number of carbonyl (C=O) groups excluding carboxylic acids is 2. The minimum absolute atomic E-state index is 0.122. The summed E-state index contributed by atoms with van der Waals surface area (Å²) in [6.07, 6.45) is 34.0. The maximum atomic E-state index is 12.5. The van der Waals surface area contributed by atoms with Gasteiger partial charge in [-0.3, -0.25) is 13.6 Å². The molecule has 380 valence electrons. The van der Waals surface area contributed by atoms with Crippen LogP contribution in [0.15, 0.2) is 24.3 Å². The molecule has 0 rings (SSSR count). The summed E-state index contributed by atoms with van der Waals surface area (Å²) >= 11 is 3.19. The van der Waals surface area contributed by atoms with Crippen molar-refractivity contribution in [1.29, 1.82) is 0 Å². The molecule has 15 heteroatoms. The number of aliphatic hydroxyl groups is 3. The second-order valence-electron chi connectivity index (χ2n) is 18.6. The zero-order valence-corrected chi connectivity index (χ0v) is 44.3.